The monoisotopic (exact) mass is 986 g/mol. The van der Waals surface area contributed by atoms with Crippen molar-refractivity contribution in [3.63, 3.8) is 0 Å². The Morgan fingerprint density at radius 2 is 0.640 bits per heavy atom. The van der Waals surface area contributed by atoms with E-state index >= 15 is 0 Å². The summed E-state index contributed by atoms with van der Waals surface area (Å²) < 4.78 is 2.38. The van der Waals surface area contributed by atoms with Gasteiger partial charge in [-0.2, -0.15) is 0 Å². The molecular formula is C68H71N7. The molecule has 0 spiro atoms. The van der Waals surface area contributed by atoms with E-state index in [1.807, 2.05) is 60.7 Å². The van der Waals surface area contributed by atoms with Crippen LogP contribution in [0.3, 0.4) is 0 Å². The molecule has 378 valence electrons. The molecule has 0 amide bonds. The first-order chi connectivity index (χ1) is 35.3. The van der Waals surface area contributed by atoms with Crippen molar-refractivity contribution in [2.45, 2.75) is 131 Å². The van der Waals surface area contributed by atoms with Crippen molar-refractivity contribution in [3.05, 3.63) is 186 Å². The first-order valence-electron chi connectivity index (χ1n) is 26.4. The minimum Gasteiger partial charge on any atom is -0.309 e. The van der Waals surface area contributed by atoms with E-state index in [0.717, 1.165) is 50.1 Å². The second kappa shape index (κ2) is 18.6. The summed E-state index contributed by atoms with van der Waals surface area (Å²) in [7, 11) is 0. The third kappa shape index (κ3) is 10.3. The SMILES string of the molecule is CC(C)(C)c1cc(-c2nc(-c3cc(C(C)(C)C)cc(C(C)(C)C)c3)nc(-c3cc(-c4nc(-c5ccccc5)nc(-c5ccccc5)n4)ccc3-n3c4ccccc4c4cc(C(C)(C)C)ccc43)n2)cc(C(C)(C)C)c1. The molecule has 0 atom stereocenters. The van der Waals surface area contributed by atoms with Crippen molar-refractivity contribution in [2.24, 2.45) is 0 Å². The Morgan fingerprint density at radius 1 is 0.267 bits per heavy atom. The van der Waals surface area contributed by atoms with Gasteiger partial charge in [-0.3, -0.25) is 0 Å². The van der Waals surface area contributed by atoms with Gasteiger partial charge in [0.25, 0.3) is 0 Å². The van der Waals surface area contributed by atoms with Crippen LogP contribution < -0.4 is 0 Å². The average molecular weight is 986 g/mol. The Labute approximate surface area is 444 Å². The molecule has 10 rings (SSSR count). The molecule has 0 unspecified atom stereocenters. The summed E-state index contributed by atoms with van der Waals surface area (Å²) in [4.78, 5) is 32.3. The quantitative estimate of drug-likeness (QED) is 0.158. The molecule has 7 nitrogen and oxygen atoms in total. The molecule has 0 bridgehead atoms. The van der Waals surface area contributed by atoms with Crippen LogP contribution in [0.1, 0.15) is 132 Å². The molecule has 0 aliphatic heterocycles. The van der Waals surface area contributed by atoms with E-state index in [2.05, 4.69) is 205 Å². The lowest BCUT2D eigenvalue weighted by Gasteiger charge is -2.26. The zero-order valence-electron chi connectivity index (χ0n) is 46.6. The maximum atomic E-state index is 5.64. The molecule has 75 heavy (non-hydrogen) atoms. The number of nitrogens with zero attached hydrogens (tertiary/aromatic N) is 7. The van der Waals surface area contributed by atoms with Crippen molar-refractivity contribution in [1.82, 2.24) is 34.5 Å². The lowest BCUT2D eigenvalue weighted by Crippen LogP contribution is -2.17. The molecule has 10 aromatic rings. The van der Waals surface area contributed by atoms with Crippen LogP contribution in [0.5, 0.6) is 0 Å². The Bertz CT molecular complexity index is 3560. The van der Waals surface area contributed by atoms with Crippen molar-refractivity contribution >= 4 is 21.8 Å². The molecule has 7 aromatic carbocycles. The fraction of sp³-hybridized carbons (Fsp3) is 0.294. The highest BCUT2D eigenvalue weighted by Gasteiger charge is 2.28. The van der Waals surface area contributed by atoms with Crippen LogP contribution in [0.2, 0.25) is 0 Å². The topological polar surface area (TPSA) is 82.3 Å². The van der Waals surface area contributed by atoms with Crippen molar-refractivity contribution in [2.75, 3.05) is 0 Å². The zero-order valence-corrected chi connectivity index (χ0v) is 46.6. The molecule has 0 N–H and O–H groups in total. The maximum absolute atomic E-state index is 5.64. The van der Waals surface area contributed by atoms with Gasteiger partial charge in [0, 0.05) is 44.2 Å². The lowest BCUT2D eigenvalue weighted by atomic mass is 9.79. The van der Waals surface area contributed by atoms with Crippen LogP contribution in [-0.2, 0) is 27.1 Å². The van der Waals surface area contributed by atoms with Gasteiger partial charge in [-0.05, 0) is 116 Å². The van der Waals surface area contributed by atoms with Crippen LogP contribution in [0.25, 0.3) is 95.8 Å². The summed E-state index contributed by atoms with van der Waals surface area (Å²) in [5.41, 5.74) is 14.0. The first kappa shape index (κ1) is 50.9. The van der Waals surface area contributed by atoms with Gasteiger partial charge in [0.15, 0.2) is 34.9 Å². The Hall–Kier alpha value is -7.64. The molecule has 3 heterocycles. The zero-order chi connectivity index (χ0) is 53.4. The second-order valence-electron chi connectivity index (χ2n) is 25.5. The lowest BCUT2D eigenvalue weighted by molar-refractivity contribution is 0.568. The largest absolute Gasteiger partial charge is 0.309 e. The van der Waals surface area contributed by atoms with Gasteiger partial charge in [0.05, 0.1) is 16.7 Å². The number of aromatic nitrogens is 7. The molecule has 0 fully saturated rings. The minimum absolute atomic E-state index is 0.0437. The van der Waals surface area contributed by atoms with Crippen LogP contribution in [0.4, 0.5) is 0 Å². The Kier molecular flexibility index (Phi) is 12.6. The summed E-state index contributed by atoms with van der Waals surface area (Å²) in [6.45, 7) is 34.1. The fourth-order valence-electron chi connectivity index (χ4n) is 9.69. The molecule has 0 radical (unpaired) electrons. The van der Waals surface area contributed by atoms with Gasteiger partial charge in [-0.1, -0.05) is 201 Å². The first-order valence-corrected chi connectivity index (χ1v) is 26.4. The number of para-hydroxylation sites is 1. The summed E-state index contributed by atoms with van der Waals surface area (Å²) in [6.07, 6.45) is 0. The van der Waals surface area contributed by atoms with Gasteiger partial charge in [-0.25, -0.2) is 29.9 Å². The highest BCUT2D eigenvalue weighted by atomic mass is 15.1. The van der Waals surface area contributed by atoms with E-state index in [9.17, 15) is 0 Å². The molecule has 0 saturated heterocycles. The number of benzene rings is 7. The highest BCUT2D eigenvalue weighted by Crippen LogP contribution is 2.42. The minimum atomic E-state index is -0.135. The third-order valence-corrected chi connectivity index (χ3v) is 14.5. The number of hydrogen-bond donors (Lipinski definition) is 0. The fourth-order valence-corrected chi connectivity index (χ4v) is 9.69. The van der Waals surface area contributed by atoms with E-state index < -0.39 is 0 Å². The van der Waals surface area contributed by atoms with E-state index in [0.29, 0.717) is 34.9 Å². The van der Waals surface area contributed by atoms with Crippen molar-refractivity contribution in [3.8, 4) is 74.0 Å². The van der Waals surface area contributed by atoms with E-state index in [1.165, 1.54) is 38.6 Å². The molecule has 0 aliphatic rings. The normalized spacial score (nSPS) is 12.7. The third-order valence-electron chi connectivity index (χ3n) is 14.5. The van der Waals surface area contributed by atoms with E-state index in [-0.39, 0.29) is 27.1 Å². The van der Waals surface area contributed by atoms with Crippen molar-refractivity contribution < 1.29 is 0 Å². The highest BCUT2D eigenvalue weighted by molar-refractivity contribution is 6.10. The summed E-state index contributed by atoms with van der Waals surface area (Å²) >= 11 is 0. The molecule has 3 aromatic heterocycles. The Morgan fingerprint density at radius 3 is 1.08 bits per heavy atom. The van der Waals surface area contributed by atoms with Crippen LogP contribution in [0.15, 0.2) is 158 Å². The average Bonchev–Trinajstić information content (AvgIpc) is 3.71. The molecule has 0 saturated carbocycles. The van der Waals surface area contributed by atoms with Gasteiger partial charge < -0.3 is 4.57 Å². The summed E-state index contributed by atoms with van der Waals surface area (Å²) in [5.74, 6) is 3.49. The predicted octanol–water partition coefficient (Wildman–Crippen LogP) is 17.6. The maximum Gasteiger partial charge on any atom is 0.166 e. The smallest absolute Gasteiger partial charge is 0.166 e. The standard InChI is InChI=1S/C68H71N7/c1-64(2,3)47-31-33-56-53(41-47)52-28-22-23-29-55(52)75(56)57-32-30-44(60-70-58(42-24-18-16-19-25-42)69-59(71-60)43-26-20-17-21-27-43)38-54(57)63-73-61(45-34-48(65(4,5)6)39-49(35-45)66(7,8)9)72-62(74-63)46-36-50(67(10,11)12)40-51(37-46)68(13,14)15/h16-41H,1-15H3. The van der Waals surface area contributed by atoms with Gasteiger partial charge in [-0.15, -0.1) is 0 Å². The van der Waals surface area contributed by atoms with Gasteiger partial charge in [0.2, 0.25) is 0 Å². The van der Waals surface area contributed by atoms with E-state index in [1.54, 1.807) is 0 Å². The summed E-state index contributed by atoms with van der Waals surface area (Å²) in [5, 5.41) is 2.36. The molecule has 0 aliphatic carbocycles. The number of hydrogen-bond acceptors (Lipinski definition) is 6. The molecule has 7 heteroatoms. The van der Waals surface area contributed by atoms with Crippen LogP contribution >= 0.6 is 0 Å². The van der Waals surface area contributed by atoms with E-state index in [4.69, 9.17) is 29.9 Å². The van der Waals surface area contributed by atoms with Crippen molar-refractivity contribution in [1.29, 1.82) is 0 Å². The van der Waals surface area contributed by atoms with Crippen LogP contribution in [-0.4, -0.2) is 34.5 Å². The van der Waals surface area contributed by atoms with Gasteiger partial charge in [0.1, 0.15) is 0 Å². The second-order valence-corrected chi connectivity index (χ2v) is 25.5. The molecular weight excluding hydrogens is 915 g/mol. The number of fused-ring (bicyclic) bond motifs is 3. The number of rotatable bonds is 7. The van der Waals surface area contributed by atoms with Gasteiger partial charge >= 0.3 is 0 Å². The summed E-state index contributed by atoms with van der Waals surface area (Å²) in [6, 6.07) is 56.2. The Balaban J connectivity index is 1.33. The van der Waals surface area contributed by atoms with Crippen LogP contribution in [0, 0.1) is 0 Å². The predicted molar refractivity (Wildman–Crippen MR) is 314 cm³/mol.